The van der Waals surface area contributed by atoms with Crippen molar-refractivity contribution in [2.24, 2.45) is 0 Å². The van der Waals surface area contributed by atoms with Gasteiger partial charge < -0.3 is 9.80 Å². The number of amides is 1. The lowest BCUT2D eigenvalue weighted by atomic mass is 10.2. The van der Waals surface area contributed by atoms with E-state index in [0.717, 1.165) is 61.9 Å². The number of hydrogen-bond acceptors (Lipinski definition) is 6. The number of aromatic nitrogens is 4. The molecule has 1 atom stereocenters. The van der Waals surface area contributed by atoms with Crippen molar-refractivity contribution in [3.63, 3.8) is 0 Å². The highest BCUT2D eigenvalue weighted by molar-refractivity contribution is 7.99. The maximum absolute atomic E-state index is 13.0. The average Bonchev–Trinajstić information content (AvgIpc) is 3.30. The van der Waals surface area contributed by atoms with Gasteiger partial charge in [-0.25, -0.2) is 4.98 Å². The van der Waals surface area contributed by atoms with Crippen LogP contribution in [0.15, 0.2) is 12.4 Å². The summed E-state index contributed by atoms with van der Waals surface area (Å²) in [4.78, 5) is 26.0. The Labute approximate surface area is 145 Å². The maximum Gasteiger partial charge on any atom is 0.254 e. The molecule has 2 aromatic heterocycles. The van der Waals surface area contributed by atoms with E-state index >= 15 is 0 Å². The summed E-state index contributed by atoms with van der Waals surface area (Å²) in [5.41, 5.74) is 0.984. The van der Waals surface area contributed by atoms with Crippen LogP contribution in [-0.2, 0) is 11.2 Å². The van der Waals surface area contributed by atoms with Gasteiger partial charge >= 0.3 is 0 Å². The van der Waals surface area contributed by atoms with Gasteiger partial charge in [0.05, 0.1) is 0 Å². The highest BCUT2D eigenvalue weighted by atomic mass is 32.2. The van der Waals surface area contributed by atoms with E-state index < -0.39 is 0 Å². The second-order valence-corrected chi connectivity index (χ2v) is 7.44. The van der Waals surface area contributed by atoms with Gasteiger partial charge in [0, 0.05) is 42.9 Å². The van der Waals surface area contributed by atoms with E-state index in [1.807, 2.05) is 16.7 Å². The Morgan fingerprint density at radius 3 is 2.96 bits per heavy atom. The zero-order chi connectivity index (χ0) is 16.5. The Kier molecular flexibility index (Phi) is 4.30. The van der Waals surface area contributed by atoms with Crippen LogP contribution in [0, 0.1) is 0 Å². The first kappa shape index (κ1) is 15.7. The molecule has 0 radical (unpaired) electrons. The summed E-state index contributed by atoms with van der Waals surface area (Å²) >= 11 is 1.93. The first-order valence-corrected chi connectivity index (χ1v) is 9.76. The number of fused-ring (bicyclic) bond motifs is 1. The fraction of sp³-hybridized carbons (Fsp3) is 0.625. The number of thioether (sulfide) groups is 1. The number of carbonyl (C=O) groups is 1. The normalized spacial score (nSPS) is 21.6. The van der Waals surface area contributed by atoms with Crippen LogP contribution in [0.2, 0.25) is 0 Å². The number of carbonyl (C=O) groups excluding carboxylic acids is 1. The van der Waals surface area contributed by atoms with Gasteiger partial charge in [0.25, 0.3) is 5.78 Å². The Morgan fingerprint density at radius 2 is 2.17 bits per heavy atom. The number of hydrogen-bond donors (Lipinski definition) is 0. The third-order valence-electron chi connectivity index (χ3n) is 4.80. The summed E-state index contributed by atoms with van der Waals surface area (Å²) in [6.45, 7) is 4.68. The lowest BCUT2D eigenvalue weighted by Crippen LogP contribution is -2.49. The van der Waals surface area contributed by atoms with E-state index in [-0.39, 0.29) is 11.9 Å². The minimum Gasteiger partial charge on any atom is -0.344 e. The molecule has 8 heteroatoms. The molecule has 2 aromatic rings. The molecule has 0 aliphatic carbocycles. The maximum atomic E-state index is 13.0. The molecule has 7 nitrogen and oxygen atoms in total. The molecule has 4 rings (SSSR count). The minimum absolute atomic E-state index is 0.0902. The van der Waals surface area contributed by atoms with Gasteiger partial charge in [0.15, 0.2) is 0 Å². The van der Waals surface area contributed by atoms with E-state index in [1.54, 1.807) is 4.52 Å². The summed E-state index contributed by atoms with van der Waals surface area (Å²) in [7, 11) is 0. The number of nitrogens with zero attached hydrogens (tertiary/aromatic N) is 6. The molecule has 0 aromatic carbocycles. The smallest absolute Gasteiger partial charge is 0.254 e. The van der Waals surface area contributed by atoms with Crippen LogP contribution in [0.1, 0.15) is 25.5 Å². The minimum atomic E-state index is -0.0902. The molecule has 2 saturated heterocycles. The standard InChI is InChI=1S/C16H22N6OS/c1-2-12-10-14(22-16(19-12)17-11-18-22)21-5-3-4-13(21)15(23)20-6-8-24-9-7-20/h10-11,13H,2-9H2,1H3/t13-/m0/s1. The van der Waals surface area contributed by atoms with Crippen molar-refractivity contribution in [1.29, 1.82) is 0 Å². The summed E-state index contributed by atoms with van der Waals surface area (Å²) in [6, 6.07) is 1.96. The van der Waals surface area contributed by atoms with Gasteiger partial charge in [0.2, 0.25) is 5.91 Å². The molecule has 128 valence electrons. The third kappa shape index (κ3) is 2.72. The summed E-state index contributed by atoms with van der Waals surface area (Å²) in [5.74, 6) is 3.89. The number of aryl methyl sites for hydroxylation is 1. The first-order valence-electron chi connectivity index (χ1n) is 8.60. The molecule has 24 heavy (non-hydrogen) atoms. The molecule has 2 fully saturated rings. The lowest BCUT2D eigenvalue weighted by molar-refractivity contribution is -0.132. The molecule has 0 spiro atoms. The highest BCUT2D eigenvalue weighted by Crippen LogP contribution is 2.28. The summed E-state index contributed by atoms with van der Waals surface area (Å²) in [5, 5.41) is 4.32. The van der Waals surface area contributed by atoms with E-state index in [2.05, 4.69) is 33.0 Å². The third-order valence-corrected chi connectivity index (χ3v) is 5.75. The van der Waals surface area contributed by atoms with Crippen LogP contribution in [0.25, 0.3) is 5.78 Å². The van der Waals surface area contributed by atoms with Crippen LogP contribution in [0.3, 0.4) is 0 Å². The Bertz CT molecular complexity index is 741. The van der Waals surface area contributed by atoms with Gasteiger partial charge in [-0.1, -0.05) is 6.92 Å². The van der Waals surface area contributed by atoms with Gasteiger partial charge in [-0.2, -0.15) is 26.4 Å². The van der Waals surface area contributed by atoms with Crippen molar-refractivity contribution in [3.05, 3.63) is 18.1 Å². The second-order valence-electron chi connectivity index (χ2n) is 6.22. The topological polar surface area (TPSA) is 66.6 Å². The molecular weight excluding hydrogens is 324 g/mol. The predicted octanol–water partition coefficient (Wildman–Crippen LogP) is 1.23. The zero-order valence-corrected chi connectivity index (χ0v) is 14.7. The summed E-state index contributed by atoms with van der Waals surface area (Å²) < 4.78 is 1.76. The fourth-order valence-electron chi connectivity index (χ4n) is 3.52. The van der Waals surface area contributed by atoms with Gasteiger partial charge in [-0.3, -0.25) is 4.79 Å². The van der Waals surface area contributed by atoms with Crippen LogP contribution in [0.5, 0.6) is 0 Å². The van der Waals surface area contributed by atoms with E-state index in [0.29, 0.717) is 5.78 Å². The first-order chi connectivity index (χ1) is 11.8. The van der Waals surface area contributed by atoms with Crippen molar-refractivity contribution in [1.82, 2.24) is 24.5 Å². The zero-order valence-electron chi connectivity index (χ0n) is 13.9. The van der Waals surface area contributed by atoms with E-state index in [1.165, 1.54) is 6.33 Å². The average molecular weight is 346 g/mol. The molecule has 1 amide bonds. The van der Waals surface area contributed by atoms with Gasteiger partial charge in [0.1, 0.15) is 18.2 Å². The lowest BCUT2D eigenvalue weighted by Gasteiger charge is -2.33. The quantitative estimate of drug-likeness (QED) is 0.833. The summed E-state index contributed by atoms with van der Waals surface area (Å²) in [6.07, 6.45) is 4.30. The van der Waals surface area contributed by atoms with Gasteiger partial charge in [-0.05, 0) is 19.3 Å². The number of anilines is 1. The van der Waals surface area contributed by atoms with Crippen molar-refractivity contribution in [2.75, 3.05) is 36.0 Å². The molecule has 0 unspecified atom stereocenters. The monoisotopic (exact) mass is 346 g/mol. The fourth-order valence-corrected chi connectivity index (χ4v) is 4.43. The number of rotatable bonds is 3. The Hall–Kier alpha value is -1.83. The van der Waals surface area contributed by atoms with Crippen LogP contribution in [0.4, 0.5) is 5.82 Å². The molecule has 2 aliphatic heterocycles. The van der Waals surface area contributed by atoms with Crippen LogP contribution < -0.4 is 4.90 Å². The molecule has 4 heterocycles. The van der Waals surface area contributed by atoms with E-state index in [9.17, 15) is 4.79 Å². The second kappa shape index (κ2) is 6.58. The van der Waals surface area contributed by atoms with Gasteiger partial charge in [-0.15, -0.1) is 0 Å². The largest absolute Gasteiger partial charge is 0.344 e. The Balaban J connectivity index is 1.67. The molecule has 0 bridgehead atoms. The highest BCUT2D eigenvalue weighted by Gasteiger charge is 2.35. The van der Waals surface area contributed by atoms with Crippen molar-refractivity contribution in [2.45, 2.75) is 32.2 Å². The van der Waals surface area contributed by atoms with Crippen molar-refractivity contribution in [3.8, 4) is 0 Å². The SMILES string of the molecule is CCc1cc(N2CCC[C@H]2C(=O)N2CCSCC2)n2ncnc2n1. The molecule has 0 saturated carbocycles. The van der Waals surface area contributed by atoms with Crippen molar-refractivity contribution >= 4 is 29.3 Å². The Morgan fingerprint density at radius 1 is 1.33 bits per heavy atom. The molecule has 0 N–H and O–H groups in total. The predicted molar refractivity (Wildman–Crippen MR) is 94.4 cm³/mol. The molecule has 2 aliphatic rings. The van der Waals surface area contributed by atoms with E-state index in [4.69, 9.17) is 0 Å². The van der Waals surface area contributed by atoms with Crippen LogP contribution in [-0.4, -0.2) is 67.6 Å². The van der Waals surface area contributed by atoms with Crippen molar-refractivity contribution < 1.29 is 4.79 Å². The van der Waals surface area contributed by atoms with Crippen LogP contribution >= 0.6 is 11.8 Å². The molecular formula is C16H22N6OS.